The normalized spacial score (nSPS) is 18.3. The maximum Gasteiger partial charge on any atom is 0.268 e. The van der Waals surface area contributed by atoms with Crippen LogP contribution in [0.1, 0.15) is 5.56 Å². The summed E-state index contributed by atoms with van der Waals surface area (Å²) >= 11 is 0. The molecule has 116 valence electrons. The van der Waals surface area contributed by atoms with Crippen LogP contribution in [0.15, 0.2) is 90.0 Å². The highest BCUT2D eigenvalue weighted by molar-refractivity contribution is 6.31. The summed E-state index contributed by atoms with van der Waals surface area (Å²) in [6.45, 7) is 0. The molecule has 0 atom stereocenters. The third-order valence-electron chi connectivity index (χ3n) is 4.10. The van der Waals surface area contributed by atoms with Gasteiger partial charge in [-0.1, -0.05) is 48.5 Å². The van der Waals surface area contributed by atoms with Crippen LogP contribution < -0.4 is 4.90 Å². The first-order chi connectivity index (χ1) is 11.7. The first kappa shape index (κ1) is 14.3. The minimum Gasteiger partial charge on any atom is -0.290 e. The number of carbonyl (C=O) groups is 2. The topological polar surface area (TPSA) is 49.7 Å². The molecular formula is C20H14N2O2. The fourth-order valence-electron chi connectivity index (χ4n) is 2.89. The number of carbonyl (C=O) groups excluding carboxylic acids is 2. The third kappa shape index (κ3) is 2.20. The Kier molecular flexibility index (Phi) is 3.24. The second kappa shape index (κ2) is 5.42. The van der Waals surface area contributed by atoms with Crippen molar-refractivity contribution >= 4 is 23.2 Å². The van der Waals surface area contributed by atoms with Crippen molar-refractivity contribution < 1.29 is 9.59 Å². The van der Waals surface area contributed by atoms with Gasteiger partial charge in [0.25, 0.3) is 5.91 Å². The molecule has 0 bridgehead atoms. The average molecular weight is 314 g/mol. The van der Waals surface area contributed by atoms with Gasteiger partial charge in [0.05, 0.1) is 5.69 Å². The van der Waals surface area contributed by atoms with Crippen LogP contribution in [0.2, 0.25) is 0 Å². The number of para-hydroxylation sites is 1. The molecule has 1 spiro atoms. The Morgan fingerprint density at radius 3 is 2.00 bits per heavy atom. The number of aliphatic imine (C=N–C) groups is 1. The second-order valence-electron chi connectivity index (χ2n) is 5.67. The Hall–Kier alpha value is -3.27. The summed E-state index contributed by atoms with van der Waals surface area (Å²) in [5, 5.41) is 0. The lowest BCUT2D eigenvalue weighted by atomic mass is 9.93. The van der Waals surface area contributed by atoms with E-state index in [2.05, 4.69) is 4.99 Å². The summed E-state index contributed by atoms with van der Waals surface area (Å²) in [6.07, 6.45) is 5.95. The van der Waals surface area contributed by atoms with E-state index >= 15 is 0 Å². The van der Waals surface area contributed by atoms with Gasteiger partial charge in [-0.2, -0.15) is 0 Å². The number of amidine groups is 1. The van der Waals surface area contributed by atoms with Gasteiger partial charge in [-0.15, -0.1) is 0 Å². The van der Waals surface area contributed by atoms with Crippen molar-refractivity contribution in [2.24, 2.45) is 4.99 Å². The number of hydrogen-bond acceptors (Lipinski definition) is 3. The summed E-state index contributed by atoms with van der Waals surface area (Å²) in [7, 11) is 0. The summed E-state index contributed by atoms with van der Waals surface area (Å²) in [4.78, 5) is 30.9. The smallest absolute Gasteiger partial charge is 0.268 e. The summed E-state index contributed by atoms with van der Waals surface area (Å²) in [5.41, 5.74) is 0.459. The largest absolute Gasteiger partial charge is 0.290 e. The van der Waals surface area contributed by atoms with Gasteiger partial charge in [0.2, 0.25) is 0 Å². The minimum atomic E-state index is -1.14. The molecule has 4 heteroatoms. The zero-order valence-corrected chi connectivity index (χ0v) is 12.8. The first-order valence-corrected chi connectivity index (χ1v) is 7.67. The van der Waals surface area contributed by atoms with Crippen molar-refractivity contribution in [3.63, 3.8) is 0 Å². The molecule has 0 saturated heterocycles. The minimum absolute atomic E-state index is 0.136. The van der Waals surface area contributed by atoms with Gasteiger partial charge in [0.1, 0.15) is 5.84 Å². The van der Waals surface area contributed by atoms with Crippen LogP contribution in [0.4, 0.5) is 5.69 Å². The molecule has 24 heavy (non-hydrogen) atoms. The Morgan fingerprint density at radius 2 is 1.38 bits per heavy atom. The molecule has 1 heterocycles. The molecule has 4 rings (SSSR count). The summed E-state index contributed by atoms with van der Waals surface area (Å²) < 4.78 is 0. The number of anilines is 1. The lowest BCUT2D eigenvalue weighted by Crippen LogP contribution is -2.41. The van der Waals surface area contributed by atoms with Crippen LogP contribution in [0, 0.1) is 0 Å². The monoisotopic (exact) mass is 314 g/mol. The highest BCUT2D eigenvalue weighted by Crippen LogP contribution is 2.33. The third-order valence-corrected chi connectivity index (χ3v) is 4.10. The molecule has 1 amide bonds. The lowest BCUT2D eigenvalue weighted by Gasteiger charge is -2.22. The zero-order chi connectivity index (χ0) is 16.6. The van der Waals surface area contributed by atoms with Gasteiger partial charge in [-0.05, 0) is 36.4 Å². The van der Waals surface area contributed by atoms with Crippen molar-refractivity contribution in [3.8, 4) is 0 Å². The van der Waals surface area contributed by atoms with E-state index in [1.165, 1.54) is 12.2 Å². The number of hydrogen-bond donors (Lipinski definition) is 0. The van der Waals surface area contributed by atoms with Gasteiger partial charge in [-0.3, -0.25) is 14.5 Å². The van der Waals surface area contributed by atoms with Crippen LogP contribution in [0.5, 0.6) is 0 Å². The fourth-order valence-corrected chi connectivity index (χ4v) is 2.89. The molecule has 0 unspecified atom stereocenters. The predicted molar refractivity (Wildman–Crippen MR) is 92.9 cm³/mol. The molecule has 2 aromatic rings. The quantitative estimate of drug-likeness (QED) is 0.856. The van der Waals surface area contributed by atoms with Crippen LogP contribution >= 0.6 is 0 Å². The Labute approximate surface area is 139 Å². The number of ketones is 1. The van der Waals surface area contributed by atoms with E-state index in [1.54, 1.807) is 17.1 Å². The highest BCUT2D eigenvalue weighted by Gasteiger charge is 2.46. The molecular weight excluding hydrogens is 300 g/mol. The van der Waals surface area contributed by atoms with Gasteiger partial charge in [-0.25, -0.2) is 4.99 Å². The van der Waals surface area contributed by atoms with Crippen molar-refractivity contribution in [1.82, 2.24) is 0 Å². The van der Waals surface area contributed by atoms with Gasteiger partial charge >= 0.3 is 0 Å². The Balaban J connectivity index is 1.89. The van der Waals surface area contributed by atoms with Gasteiger partial charge < -0.3 is 0 Å². The maximum absolute atomic E-state index is 13.2. The lowest BCUT2D eigenvalue weighted by molar-refractivity contribution is -0.119. The Morgan fingerprint density at radius 1 is 0.792 bits per heavy atom. The van der Waals surface area contributed by atoms with Crippen LogP contribution in [-0.2, 0) is 9.59 Å². The highest BCUT2D eigenvalue weighted by atomic mass is 16.2. The molecule has 1 aliphatic heterocycles. The molecule has 0 N–H and O–H groups in total. The van der Waals surface area contributed by atoms with Crippen LogP contribution in [0.3, 0.4) is 0 Å². The SMILES string of the molecule is O=C1C=CC2(C=C1)N=C(c1ccccc1)N(c1ccccc1)C2=O. The molecule has 1 aliphatic carbocycles. The molecule has 0 radical (unpaired) electrons. The van der Waals surface area contributed by atoms with E-state index in [1.807, 2.05) is 60.7 Å². The maximum atomic E-state index is 13.2. The van der Waals surface area contributed by atoms with Crippen molar-refractivity contribution in [1.29, 1.82) is 0 Å². The van der Waals surface area contributed by atoms with Crippen molar-refractivity contribution in [3.05, 3.63) is 90.5 Å². The Bertz CT molecular complexity index is 880. The molecule has 0 fully saturated rings. The van der Waals surface area contributed by atoms with E-state index in [4.69, 9.17) is 0 Å². The van der Waals surface area contributed by atoms with Crippen LogP contribution in [0.25, 0.3) is 0 Å². The van der Waals surface area contributed by atoms with E-state index in [0.29, 0.717) is 5.84 Å². The standard InChI is InChI=1S/C20H14N2O2/c23-17-11-13-20(14-12-17)19(24)22(16-9-5-2-6-10-16)18(21-20)15-7-3-1-4-8-15/h1-14H. The van der Waals surface area contributed by atoms with E-state index in [9.17, 15) is 9.59 Å². The first-order valence-electron chi connectivity index (χ1n) is 7.67. The number of allylic oxidation sites excluding steroid dienone is 2. The molecule has 2 aliphatic rings. The second-order valence-corrected chi connectivity index (χ2v) is 5.67. The predicted octanol–water partition coefficient (Wildman–Crippen LogP) is 2.91. The number of amides is 1. The summed E-state index contributed by atoms with van der Waals surface area (Å²) in [5.74, 6) is 0.256. The number of nitrogens with zero attached hydrogens (tertiary/aromatic N) is 2. The van der Waals surface area contributed by atoms with E-state index < -0.39 is 5.54 Å². The van der Waals surface area contributed by atoms with E-state index in [0.717, 1.165) is 11.3 Å². The summed E-state index contributed by atoms with van der Waals surface area (Å²) in [6, 6.07) is 19.0. The molecule has 4 nitrogen and oxygen atoms in total. The van der Waals surface area contributed by atoms with Crippen molar-refractivity contribution in [2.75, 3.05) is 4.90 Å². The molecule has 0 aromatic heterocycles. The fraction of sp³-hybridized carbons (Fsp3) is 0.0500. The average Bonchev–Trinajstić information content (AvgIpc) is 2.92. The van der Waals surface area contributed by atoms with E-state index in [-0.39, 0.29) is 11.7 Å². The van der Waals surface area contributed by atoms with Gasteiger partial charge in [0, 0.05) is 5.56 Å². The zero-order valence-electron chi connectivity index (χ0n) is 12.8. The van der Waals surface area contributed by atoms with Crippen LogP contribution in [-0.4, -0.2) is 23.1 Å². The number of benzene rings is 2. The number of rotatable bonds is 2. The molecule has 2 aromatic carbocycles. The molecule has 0 saturated carbocycles. The van der Waals surface area contributed by atoms with Gasteiger partial charge in [0.15, 0.2) is 11.3 Å². The van der Waals surface area contributed by atoms with Crippen molar-refractivity contribution in [2.45, 2.75) is 5.54 Å².